The fourth-order valence-electron chi connectivity index (χ4n) is 3.14. The molecule has 2 atom stereocenters. The van der Waals surface area contributed by atoms with E-state index in [0.717, 1.165) is 11.8 Å². The van der Waals surface area contributed by atoms with Crippen LogP contribution in [-0.4, -0.2) is 0 Å². The molecule has 0 aliphatic heterocycles. The Labute approximate surface area is 136 Å². The molecule has 0 aliphatic rings. The molecule has 0 N–H and O–H groups in total. The van der Waals surface area contributed by atoms with Gasteiger partial charge < -0.3 is 0 Å². The second-order valence-electron chi connectivity index (χ2n) is 7.52. The number of unbranched alkanes of at least 4 members (excludes halogenated alkanes) is 9. The average molecular weight is 297 g/mol. The first-order valence-electron chi connectivity index (χ1n) is 10.2. The lowest BCUT2D eigenvalue weighted by Gasteiger charge is -2.12. The van der Waals surface area contributed by atoms with Crippen LogP contribution in [0.3, 0.4) is 0 Å². The number of rotatable bonds is 16. The second-order valence-corrected chi connectivity index (χ2v) is 7.52. The van der Waals surface area contributed by atoms with Crippen LogP contribution in [0.15, 0.2) is 0 Å². The fourth-order valence-corrected chi connectivity index (χ4v) is 3.14. The summed E-state index contributed by atoms with van der Waals surface area (Å²) in [7, 11) is 0. The van der Waals surface area contributed by atoms with Gasteiger partial charge >= 0.3 is 0 Å². The minimum Gasteiger partial charge on any atom is -0.0654 e. The van der Waals surface area contributed by atoms with Crippen molar-refractivity contribution in [2.24, 2.45) is 11.8 Å². The summed E-state index contributed by atoms with van der Waals surface area (Å²) in [5.74, 6) is 1.91. The van der Waals surface area contributed by atoms with Crippen molar-refractivity contribution in [3.05, 3.63) is 0 Å². The molecule has 0 aromatic heterocycles. The molecule has 0 spiro atoms. The highest BCUT2D eigenvalue weighted by atomic mass is 14.1. The molecule has 2 unspecified atom stereocenters. The van der Waals surface area contributed by atoms with Crippen LogP contribution >= 0.6 is 0 Å². The molecule has 0 saturated heterocycles. The van der Waals surface area contributed by atoms with Gasteiger partial charge in [-0.25, -0.2) is 0 Å². The van der Waals surface area contributed by atoms with Crippen LogP contribution in [0, 0.1) is 11.8 Å². The SMILES string of the molecule is CCCCCCCCCCC(C)CCCCCC(C)CC. The molecule has 0 aromatic rings. The average Bonchev–Trinajstić information content (AvgIpc) is 2.49. The van der Waals surface area contributed by atoms with Crippen LogP contribution in [0.25, 0.3) is 0 Å². The van der Waals surface area contributed by atoms with Gasteiger partial charge in [0.1, 0.15) is 0 Å². The molecule has 0 rings (SSSR count). The smallest absolute Gasteiger partial charge is 0.0443 e. The highest BCUT2D eigenvalue weighted by Crippen LogP contribution is 2.19. The van der Waals surface area contributed by atoms with E-state index < -0.39 is 0 Å². The highest BCUT2D eigenvalue weighted by Gasteiger charge is 2.03. The summed E-state index contributed by atoms with van der Waals surface area (Å²) in [4.78, 5) is 0. The molecular formula is C21H44. The molecule has 0 bridgehead atoms. The molecule has 128 valence electrons. The lowest BCUT2D eigenvalue weighted by atomic mass is 9.94. The minimum absolute atomic E-state index is 0.944. The molecule has 0 nitrogen and oxygen atoms in total. The zero-order chi connectivity index (χ0) is 15.8. The van der Waals surface area contributed by atoms with Gasteiger partial charge in [-0.05, 0) is 11.8 Å². The van der Waals surface area contributed by atoms with Crippen molar-refractivity contribution in [1.29, 1.82) is 0 Å². The molecule has 0 heteroatoms. The molecular weight excluding hydrogens is 252 g/mol. The Hall–Kier alpha value is 0. The Morgan fingerprint density at radius 2 is 0.857 bits per heavy atom. The Kier molecular flexibility index (Phi) is 16.4. The molecule has 0 amide bonds. The maximum Gasteiger partial charge on any atom is -0.0443 e. The summed E-state index contributed by atoms with van der Waals surface area (Å²) in [6, 6.07) is 0. The van der Waals surface area contributed by atoms with Gasteiger partial charge in [0.25, 0.3) is 0 Å². The Bertz CT molecular complexity index is 184. The predicted molar refractivity (Wildman–Crippen MR) is 98.9 cm³/mol. The van der Waals surface area contributed by atoms with Crippen LogP contribution in [0.5, 0.6) is 0 Å². The van der Waals surface area contributed by atoms with E-state index in [1.54, 1.807) is 0 Å². The number of hydrogen-bond donors (Lipinski definition) is 0. The van der Waals surface area contributed by atoms with E-state index in [4.69, 9.17) is 0 Å². The summed E-state index contributed by atoms with van der Waals surface area (Å²) in [6.07, 6.45) is 21.8. The van der Waals surface area contributed by atoms with Crippen LogP contribution in [-0.2, 0) is 0 Å². The largest absolute Gasteiger partial charge is 0.0654 e. The predicted octanol–water partition coefficient (Wildman–Crippen LogP) is 8.15. The summed E-state index contributed by atoms with van der Waals surface area (Å²) in [6.45, 7) is 9.48. The molecule has 21 heavy (non-hydrogen) atoms. The van der Waals surface area contributed by atoms with Crippen molar-refractivity contribution < 1.29 is 0 Å². The summed E-state index contributed by atoms with van der Waals surface area (Å²) in [5, 5.41) is 0. The van der Waals surface area contributed by atoms with Gasteiger partial charge in [-0.15, -0.1) is 0 Å². The monoisotopic (exact) mass is 296 g/mol. The first-order valence-corrected chi connectivity index (χ1v) is 10.2. The molecule has 0 heterocycles. The summed E-state index contributed by atoms with van der Waals surface area (Å²) >= 11 is 0. The lowest BCUT2D eigenvalue weighted by molar-refractivity contribution is 0.419. The quantitative estimate of drug-likeness (QED) is 0.252. The van der Waals surface area contributed by atoms with Gasteiger partial charge in [0.15, 0.2) is 0 Å². The first kappa shape index (κ1) is 21.0. The zero-order valence-electron chi connectivity index (χ0n) is 15.8. The third kappa shape index (κ3) is 16.2. The normalized spacial score (nSPS) is 14.3. The topological polar surface area (TPSA) is 0 Å². The Morgan fingerprint density at radius 1 is 0.476 bits per heavy atom. The lowest BCUT2D eigenvalue weighted by Crippen LogP contribution is -1.96. The van der Waals surface area contributed by atoms with Crippen LogP contribution in [0.4, 0.5) is 0 Å². The van der Waals surface area contributed by atoms with E-state index in [9.17, 15) is 0 Å². The third-order valence-corrected chi connectivity index (χ3v) is 5.14. The number of hydrogen-bond acceptors (Lipinski definition) is 0. The summed E-state index contributed by atoms with van der Waals surface area (Å²) < 4.78 is 0. The Balaban J connectivity index is 3.18. The van der Waals surface area contributed by atoms with Crippen LogP contribution < -0.4 is 0 Å². The van der Waals surface area contributed by atoms with E-state index in [-0.39, 0.29) is 0 Å². The molecule has 0 radical (unpaired) electrons. The van der Waals surface area contributed by atoms with Crippen molar-refractivity contribution >= 4 is 0 Å². The standard InChI is InChI=1S/C21H44/c1-5-7-8-9-10-11-12-14-18-21(4)19-16-13-15-17-20(3)6-2/h20-21H,5-19H2,1-4H3. The van der Waals surface area contributed by atoms with Crippen molar-refractivity contribution in [1.82, 2.24) is 0 Å². The Morgan fingerprint density at radius 3 is 1.33 bits per heavy atom. The van der Waals surface area contributed by atoms with Gasteiger partial charge in [-0.2, -0.15) is 0 Å². The molecule has 0 fully saturated rings. The van der Waals surface area contributed by atoms with Crippen LogP contribution in [0.1, 0.15) is 124 Å². The van der Waals surface area contributed by atoms with Crippen molar-refractivity contribution in [2.75, 3.05) is 0 Å². The van der Waals surface area contributed by atoms with E-state index in [1.807, 2.05) is 0 Å². The van der Waals surface area contributed by atoms with E-state index in [2.05, 4.69) is 27.7 Å². The molecule has 0 saturated carbocycles. The summed E-state index contributed by atoms with van der Waals surface area (Å²) in [5.41, 5.74) is 0. The van der Waals surface area contributed by atoms with E-state index >= 15 is 0 Å². The highest BCUT2D eigenvalue weighted by molar-refractivity contribution is 4.57. The van der Waals surface area contributed by atoms with Gasteiger partial charge in [0.2, 0.25) is 0 Å². The van der Waals surface area contributed by atoms with E-state index in [0.29, 0.717) is 0 Å². The maximum atomic E-state index is 2.47. The molecule has 0 aromatic carbocycles. The molecule has 0 aliphatic carbocycles. The zero-order valence-corrected chi connectivity index (χ0v) is 15.8. The fraction of sp³-hybridized carbons (Fsp3) is 1.00. The van der Waals surface area contributed by atoms with Crippen LogP contribution in [0.2, 0.25) is 0 Å². The van der Waals surface area contributed by atoms with Gasteiger partial charge in [-0.1, -0.05) is 124 Å². The second kappa shape index (κ2) is 16.4. The van der Waals surface area contributed by atoms with E-state index in [1.165, 1.54) is 96.3 Å². The van der Waals surface area contributed by atoms with Gasteiger partial charge in [0, 0.05) is 0 Å². The van der Waals surface area contributed by atoms with Crippen molar-refractivity contribution in [2.45, 2.75) is 124 Å². The van der Waals surface area contributed by atoms with Gasteiger partial charge in [-0.3, -0.25) is 0 Å². The van der Waals surface area contributed by atoms with Gasteiger partial charge in [0.05, 0.1) is 0 Å². The third-order valence-electron chi connectivity index (χ3n) is 5.14. The van der Waals surface area contributed by atoms with Crippen molar-refractivity contribution in [3.8, 4) is 0 Å². The maximum absolute atomic E-state index is 2.47. The van der Waals surface area contributed by atoms with Crippen molar-refractivity contribution in [3.63, 3.8) is 0 Å². The minimum atomic E-state index is 0.944. The first-order chi connectivity index (χ1) is 10.2.